The molecule has 3 aromatic rings. The van der Waals surface area contributed by atoms with Crippen LogP contribution >= 0.6 is 11.3 Å². The topological polar surface area (TPSA) is 77.2 Å². The lowest BCUT2D eigenvalue weighted by atomic mass is 10.2. The average Bonchev–Trinajstić information content (AvgIpc) is 3.16. The predicted molar refractivity (Wildman–Crippen MR) is 86.8 cm³/mol. The lowest BCUT2D eigenvalue weighted by Crippen LogP contribution is -2.13. The molecular formula is C16H15N3O3S. The number of anilines is 1. The molecule has 1 N–H and O–H groups in total. The van der Waals surface area contributed by atoms with Gasteiger partial charge in [0.25, 0.3) is 5.91 Å². The van der Waals surface area contributed by atoms with Crippen LogP contribution in [0.4, 0.5) is 5.13 Å². The second-order valence-corrected chi connectivity index (χ2v) is 5.77. The first kappa shape index (κ1) is 15.2. The van der Waals surface area contributed by atoms with E-state index in [0.29, 0.717) is 28.8 Å². The summed E-state index contributed by atoms with van der Waals surface area (Å²) >= 11 is 1.36. The van der Waals surface area contributed by atoms with Gasteiger partial charge >= 0.3 is 0 Å². The summed E-state index contributed by atoms with van der Waals surface area (Å²) < 4.78 is 10.9. The van der Waals surface area contributed by atoms with Gasteiger partial charge in [0.05, 0.1) is 16.8 Å². The van der Waals surface area contributed by atoms with Crippen molar-refractivity contribution in [2.75, 3.05) is 5.32 Å². The van der Waals surface area contributed by atoms with Crippen molar-refractivity contribution in [3.8, 4) is 5.75 Å². The maximum Gasteiger partial charge on any atom is 0.261 e. The number of amides is 1. The van der Waals surface area contributed by atoms with Crippen LogP contribution in [-0.2, 0) is 6.61 Å². The van der Waals surface area contributed by atoms with E-state index in [1.165, 1.54) is 11.3 Å². The van der Waals surface area contributed by atoms with Crippen LogP contribution in [-0.4, -0.2) is 16.0 Å². The van der Waals surface area contributed by atoms with E-state index in [2.05, 4.69) is 15.5 Å². The Kier molecular flexibility index (Phi) is 4.38. The molecule has 118 valence electrons. The largest absolute Gasteiger partial charge is 0.488 e. The zero-order valence-corrected chi connectivity index (χ0v) is 13.5. The minimum absolute atomic E-state index is 0.255. The predicted octanol–water partition coefficient (Wildman–Crippen LogP) is 3.58. The Morgan fingerprint density at radius 2 is 2.17 bits per heavy atom. The number of hydrogen-bond donors (Lipinski definition) is 1. The van der Waals surface area contributed by atoms with Crippen LogP contribution in [0.15, 0.2) is 40.4 Å². The third-order valence-corrected chi connectivity index (χ3v) is 4.03. The molecule has 6 nitrogen and oxygen atoms in total. The highest BCUT2D eigenvalue weighted by Gasteiger charge is 2.15. The van der Waals surface area contributed by atoms with Crippen molar-refractivity contribution in [3.05, 3.63) is 58.4 Å². The van der Waals surface area contributed by atoms with Gasteiger partial charge in [-0.15, -0.1) is 11.3 Å². The van der Waals surface area contributed by atoms with Crippen LogP contribution in [0.2, 0.25) is 0 Å². The number of ether oxygens (including phenoxy) is 1. The van der Waals surface area contributed by atoms with Crippen LogP contribution in [0, 0.1) is 13.8 Å². The fourth-order valence-corrected chi connectivity index (χ4v) is 2.61. The van der Waals surface area contributed by atoms with Crippen LogP contribution in [0.1, 0.15) is 27.4 Å². The molecular weight excluding hydrogens is 314 g/mol. The maximum atomic E-state index is 12.4. The van der Waals surface area contributed by atoms with Gasteiger partial charge in [-0.05, 0) is 26.0 Å². The number of aryl methyl sites for hydroxylation is 2. The second-order valence-electron chi connectivity index (χ2n) is 4.88. The van der Waals surface area contributed by atoms with Crippen LogP contribution in [0.25, 0.3) is 0 Å². The molecule has 0 aliphatic rings. The molecule has 0 radical (unpaired) electrons. The summed E-state index contributed by atoms with van der Waals surface area (Å²) in [7, 11) is 0. The molecule has 0 unspecified atom stereocenters. The zero-order valence-electron chi connectivity index (χ0n) is 12.7. The molecule has 0 bridgehead atoms. The summed E-state index contributed by atoms with van der Waals surface area (Å²) in [6.45, 7) is 3.98. The monoisotopic (exact) mass is 329 g/mol. The van der Waals surface area contributed by atoms with Crippen molar-refractivity contribution in [1.29, 1.82) is 0 Å². The van der Waals surface area contributed by atoms with Crippen molar-refractivity contribution in [3.63, 3.8) is 0 Å². The molecule has 0 saturated carbocycles. The molecule has 1 amide bonds. The maximum absolute atomic E-state index is 12.4. The van der Waals surface area contributed by atoms with Crippen molar-refractivity contribution < 1.29 is 14.1 Å². The number of rotatable bonds is 5. The summed E-state index contributed by atoms with van der Waals surface area (Å²) in [5.74, 6) is 0.961. The van der Waals surface area contributed by atoms with Crippen molar-refractivity contribution in [2.45, 2.75) is 20.5 Å². The number of nitrogens with zero attached hydrogens (tertiary/aromatic N) is 2. The molecule has 2 aromatic heterocycles. The Morgan fingerprint density at radius 1 is 1.35 bits per heavy atom. The summed E-state index contributed by atoms with van der Waals surface area (Å²) in [6.07, 6.45) is 1.64. The quantitative estimate of drug-likeness (QED) is 0.774. The van der Waals surface area contributed by atoms with E-state index in [9.17, 15) is 4.79 Å². The second kappa shape index (κ2) is 6.62. The van der Waals surface area contributed by atoms with Crippen molar-refractivity contribution in [2.24, 2.45) is 0 Å². The summed E-state index contributed by atoms with van der Waals surface area (Å²) in [5, 5.41) is 9.00. The van der Waals surface area contributed by atoms with Gasteiger partial charge in [-0.2, -0.15) is 0 Å². The van der Waals surface area contributed by atoms with Gasteiger partial charge in [-0.1, -0.05) is 17.3 Å². The van der Waals surface area contributed by atoms with E-state index >= 15 is 0 Å². The number of nitrogens with one attached hydrogen (secondary N) is 1. The van der Waals surface area contributed by atoms with Crippen LogP contribution in [0.5, 0.6) is 5.75 Å². The van der Waals surface area contributed by atoms with E-state index in [0.717, 1.165) is 11.3 Å². The number of carbonyl (C=O) groups excluding carboxylic acids is 1. The number of carbonyl (C=O) groups is 1. The van der Waals surface area contributed by atoms with Crippen LogP contribution < -0.4 is 10.1 Å². The van der Waals surface area contributed by atoms with Crippen molar-refractivity contribution >= 4 is 22.4 Å². The first-order valence-corrected chi connectivity index (χ1v) is 7.87. The molecule has 2 heterocycles. The number of thiazole rings is 1. The highest BCUT2D eigenvalue weighted by Crippen LogP contribution is 2.23. The Morgan fingerprint density at radius 3 is 2.87 bits per heavy atom. The minimum Gasteiger partial charge on any atom is -0.488 e. The Labute approximate surface area is 137 Å². The normalized spacial score (nSPS) is 10.5. The lowest BCUT2D eigenvalue weighted by Gasteiger charge is -2.10. The fourth-order valence-electron chi connectivity index (χ4n) is 2.09. The first-order chi connectivity index (χ1) is 11.1. The standard InChI is InChI=1S/C16H15N3O3S/c1-10-13(11(2)22-19-10)9-21-14-6-4-3-5-12(14)15(20)18-16-17-7-8-23-16/h3-8H,9H2,1-2H3,(H,17,18,20). The SMILES string of the molecule is Cc1noc(C)c1COc1ccccc1C(=O)Nc1nccs1. The van der Waals surface area contributed by atoms with Crippen molar-refractivity contribution in [1.82, 2.24) is 10.1 Å². The lowest BCUT2D eigenvalue weighted by molar-refractivity contribution is 0.102. The first-order valence-electron chi connectivity index (χ1n) is 6.99. The molecule has 0 aliphatic carbocycles. The molecule has 0 aliphatic heterocycles. The summed E-state index contributed by atoms with van der Waals surface area (Å²) in [4.78, 5) is 16.4. The van der Waals surface area contributed by atoms with E-state index in [4.69, 9.17) is 9.26 Å². The van der Waals surface area contributed by atoms with E-state index < -0.39 is 0 Å². The number of para-hydroxylation sites is 1. The Balaban J connectivity index is 1.76. The van der Waals surface area contributed by atoms with Gasteiger partial charge in [0.2, 0.25) is 0 Å². The van der Waals surface area contributed by atoms with Gasteiger partial charge in [-0.3, -0.25) is 10.1 Å². The third kappa shape index (κ3) is 3.40. The minimum atomic E-state index is -0.255. The van der Waals surface area contributed by atoms with Gasteiger partial charge in [0, 0.05) is 11.6 Å². The molecule has 23 heavy (non-hydrogen) atoms. The third-order valence-electron chi connectivity index (χ3n) is 3.34. The van der Waals surface area contributed by atoms with Crippen LogP contribution in [0.3, 0.4) is 0 Å². The Hall–Kier alpha value is -2.67. The molecule has 7 heteroatoms. The van der Waals surface area contributed by atoms with E-state index in [1.54, 1.807) is 29.8 Å². The molecule has 3 rings (SSSR count). The molecule has 0 fully saturated rings. The van der Waals surface area contributed by atoms with Gasteiger partial charge in [0.1, 0.15) is 18.1 Å². The Bertz CT molecular complexity index is 792. The summed E-state index contributed by atoms with van der Waals surface area (Å²) in [6, 6.07) is 7.09. The molecule has 0 saturated heterocycles. The summed E-state index contributed by atoms with van der Waals surface area (Å²) in [5.41, 5.74) is 2.13. The van der Waals surface area contributed by atoms with Gasteiger partial charge in [0.15, 0.2) is 5.13 Å². The molecule has 1 aromatic carbocycles. The van der Waals surface area contributed by atoms with E-state index in [-0.39, 0.29) is 5.91 Å². The number of benzene rings is 1. The number of hydrogen-bond acceptors (Lipinski definition) is 6. The molecule has 0 atom stereocenters. The van der Waals surface area contributed by atoms with E-state index in [1.807, 2.05) is 19.9 Å². The smallest absolute Gasteiger partial charge is 0.261 e. The van der Waals surface area contributed by atoms with Gasteiger partial charge in [-0.25, -0.2) is 4.98 Å². The molecule has 0 spiro atoms. The zero-order chi connectivity index (χ0) is 16.2. The number of aromatic nitrogens is 2. The fraction of sp³-hybridized carbons (Fsp3) is 0.188. The highest BCUT2D eigenvalue weighted by molar-refractivity contribution is 7.13. The van der Waals surface area contributed by atoms with Gasteiger partial charge < -0.3 is 9.26 Å². The highest BCUT2D eigenvalue weighted by atomic mass is 32.1. The average molecular weight is 329 g/mol.